The summed E-state index contributed by atoms with van der Waals surface area (Å²) in [6.45, 7) is 11.8. The number of amides is 1. The first-order valence-corrected chi connectivity index (χ1v) is 11.1. The smallest absolute Gasteiger partial charge is 0.270 e. The van der Waals surface area contributed by atoms with Crippen LogP contribution >= 0.6 is 46.7 Å². The molecule has 3 aromatic rings. The Morgan fingerprint density at radius 1 is 1.07 bits per heavy atom. The van der Waals surface area contributed by atoms with Crippen LogP contribution in [0.4, 0.5) is 5.13 Å². The largest absolute Gasteiger partial charge is 0.302 e. The Bertz CT molecular complexity index is 911. The zero-order valence-corrected chi connectivity index (χ0v) is 19.7. The van der Waals surface area contributed by atoms with Gasteiger partial charge in [0.15, 0.2) is 5.13 Å². The molecule has 0 bridgehead atoms. The third kappa shape index (κ3) is 5.05. The molecule has 0 aliphatic carbocycles. The maximum Gasteiger partial charge on any atom is 0.270 e. The Labute approximate surface area is 185 Å². The van der Waals surface area contributed by atoms with Gasteiger partial charge in [-0.1, -0.05) is 36.8 Å². The van der Waals surface area contributed by atoms with Gasteiger partial charge in [0, 0.05) is 13.1 Å². The predicted octanol–water partition coefficient (Wildman–Crippen LogP) is 6.04. The van der Waals surface area contributed by atoms with Crippen molar-refractivity contribution in [1.82, 2.24) is 9.88 Å². The molecule has 1 amide bonds. The lowest BCUT2D eigenvalue weighted by Gasteiger charge is -2.24. The minimum absolute atomic E-state index is 0. The van der Waals surface area contributed by atoms with Crippen molar-refractivity contribution in [3.05, 3.63) is 44.6 Å². The molecular weight excluding hydrogens is 433 g/mol. The monoisotopic (exact) mass is 457 g/mol. The van der Waals surface area contributed by atoms with Crippen LogP contribution in [0, 0.1) is 13.8 Å². The van der Waals surface area contributed by atoms with Crippen LogP contribution < -0.4 is 4.90 Å². The molecular formula is C20H25Cl2N3OS2. The maximum atomic E-state index is 13.2. The van der Waals surface area contributed by atoms with Gasteiger partial charge in [-0.3, -0.25) is 9.69 Å². The second-order valence-corrected chi connectivity index (χ2v) is 9.21. The highest BCUT2D eigenvalue weighted by molar-refractivity contribution is 7.22. The fourth-order valence-corrected chi connectivity index (χ4v) is 4.97. The van der Waals surface area contributed by atoms with Crippen LogP contribution in [-0.4, -0.2) is 42.0 Å². The van der Waals surface area contributed by atoms with Crippen LogP contribution in [0.25, 0.3) is 10.2 Å². The van der Waals surface area contributed by atoms with Gasteiger partial charge >= 0.3 is 0 Å². The Hall–Kier alpha value is -1.18. The number of carbonyl (C=O) groups is 1. The number of carbonyl (C=O) groups excluding carboxylic acids is 1. The van der Waals surface area contributed by atoms with Gasteiger partial charge in [0.1, 0.15) is 0 Å². The first kappa shape index (κ1) is 23.1. The van der Waals surface area contributed by atoms with Gasteiger partial charge < -0.3 is 4.90 Å². The summed E-state index contributed by atoms with van der Waals surface area (Å²) in [6.07, 6.45) is 0. The SMILES string of the molecule is CCN(CC)CCN(C(=O)c1ccc(Cl)s1)c1nc2cc(C)c(C)cc2s1.Cl. The lowest BCUT2D eigenvalue weighted by atomic mass is 10.1. The summed E-state index contributed by atoms with van der Waals surface area (Å²) in [6, 6.07) is 7.81. The highest BCUT2D eigenvalue weighted by atomic mass is 35.5. The lowest BCUT2D eigenvalue weighted by Crippen LogP contribution is -2.38. The van der Waals surface area contributed by atoms with E-state index < -0.39 is 0 Å². The van der Waals surface area contributed by atoms with Crippen LogP contribution in [0.15, 0.2) is 24.3 Å². The van der Waals surface area contributed by atoms with Crippen molar-refractivity contribution in [2.45, 2.75) is 27.7 Å². The van der Waals surface area contributed by atoms with Crippen molar-refractivity contribution in [3.8, 4) is 0 Å². The van der Waals surface area contributed by atoms with E-state index in [0.717, 1.165) is 35.0 Å². The number of thiophene rings is 1. The number of aromatic nitrogens is 1. The highest BCUT2D eigenvalue weighted by Gasteiger charge is 2.23. The number of aryl methyl sites for hydroxylation is 2. The zero-order valence-electron chi connectivity index (χ0n) is 16.5. The number of likely N-dealkylation sites (N-methyl/N-ethyl adjacent to an activating group) is 1. The average Bonchev–Trinajstić information content (AvgIpc) is 3.25. The molecule has 2 aromatic heterocycles. The number of benzene rings is 1. The molecule has 0 saturated heterocycles. The van der Waals surface area contributed by atoms with Gasteiger partial charge in [0.2, 0.25) is 0 Å². The molecule has 2 heterocycles. The molecule has 28 heavy (non-hydrogen) atoms. The number of halogens is 2. The zero-order chi connectivity index (χ0) is 19.6. The molecule has 4 nitrogen and oxygen atoms in total. The maximum absolute atomic E-state index is 13.2. The van der Waals surface area contributed by atoms with E-state index in [4.69, 9.17) is 16.6 Å². The molecule has 8 heteroatoms. The number of fused-ring (bicyclic) bond motifs is 1. The Morgan fingerprint density at radius 3 is 2.36 bits per heavy atom. The van der Waals surface area contributed by atoms with Crippen LogP contribution in [0.2, 0.25) is 4.34 Å². The molecule has 0 fully saturated rings. The van der Waals surface area contributed by atoms with E-state index in [0.29, 0.717) is 15.8 Å². The van der Waals surface area contributed by atoms with E-state index in [9.17, 15) is 4.79 Å². The molecule has 0 radical (unpaired) electrons. The molecule has 0 aliphatic heterocycles. The van der Waals surface area contributed by atoms with Gasteiger partial charge in [0.25, 0.3) is 5.91 Å². The van der Waals surface area contributed by atoms with E-state index >= 15 is 0 Å². The number of rotatable bonds is 7. The van der Waals surface area contributed by atoms with Crippen LogP contribution in [0.1, 0.15) is 34.6 Å². The second kappa shape index (κ2) is 10.0. The second-order valence-electron chi connectivity index (χ2n) is 6.49. The van der Waals surface area contributed by atoms with Crippen molar-refractivity contribution in [3.63, 3.8) is 0 Å². The van der Waals surface area contributed by atoms with Gasteiger partial charge in [-0.2, -0.15) is 0 Å². The van der Waals surface area contributed by atoms with E-state index in [1.54, 1.807) is 28.4 Å². The first-order valence-electron chi connectivity index (χ1n) is 9.10. The summed E-state index contributed by atoms with van der Waals surface area (Å²) in [4.78, 5) is 22.7. The van der Waals surface area contributed by atoms with Gasteiger partial charge in [-0.05, 0) is 62.3 Å². The summed E-state index contributed by atoms with van der Waals surface area (Å²) in [7, 11) is 0. The summed E-state index contributed by atoms with van der Waals surface area (Å²) < 4.78 is 1.73. The average molecular weight is 458 g/mol. The molecule has 0 spiro atoms. The first-order chi connectivity index (χ1) is 12.9. The van der Waals surface area contributed by atoms with E-state index in [2.05, 4.69) is 44.7 Å². The minimum Gasteiger partial charge on any atom is -0.302 e. The van der Waals surface area contributed by atoms with Crippen LogP contribution in [-0.2, 0) is 0 Å². The van der Waals surface area contributed by atoms with Gasteiger partial charge in [-0.15, -0.1) is 23.7 Å². The van der Waals surface area contributed by atoms with E-state index in [1.807, 2.05) is 0 Å². The van der Waals surface area contributed by atoms with Crippen molar-refractivity contribution in [2.24, 2.45) is 0 Å². The van der Waals surface area contributed by atoms with Crippen LogP contribution in [0.5, 0.6) is 0 Å². The number of thiazole rings is 1. The third-order valence-electron chi connectivity index (χ3n) is 4.79. The highest BCUT2D eigenvalue weighted by Crippen LogP contribution is 2.32. The summed E-state index contributed by atoms with van der Waals surface area (Å²) >= 11 is 8.94. The number of hydrogen-bond acceptors (Lipinski definition) is 5. The number of anilines is 1. The van der Waals surface area contributed by atoms with Crippen molar-refractivity contribution in [2.75, 3.05) is 31.1 Å². The molecule has 152 valence electrons. The fraction of sp³-hybridized carbons (Fsp3) is 0.400. The molecule has 0 saturated carbocycles. The number of nitrogens with zero attached hydrogens (tertiary/aromatic N) is 3. The predicted molar refractivity (Wildman–Crippen MR) is 125 cm³/mol. The topological polar surface area (TPSA) is 36.4 Å². The molecule has 1 aromatic carbocycles. The normalized spacial score (nSPS) is 11.1. The molecule has 3 rings (SSSR count). The Balaban J connectivity index is 0.00000280. The third-order valence-corrected chi connectivity index (χ3v) is 7.05. The fourth-order valence-electron chi connectivity index (χ4n) is 2.91. The van der Waals surface area contributed by atoms with Gasteiger partial charge in [0.05, 0.1) is 19.4 Å². The summed E-state index contributed by atoms with van der Waals surface area (Å²) in [5.41, 5.74) is 3.40. The Kier molecular flexibility index (Phi) is 8.28. The lowest BCUT2D eigenvalue weighted by molar-refractivity contribution is 0.0987. The summed E-state index contributed by atoms with van der Waals surface area (Å²) in [5.74, 6) is -0.0356. The molecule has 0 aliphatic rings. The van der Waals surface area contributed by atoms with Crippen molar-refractivity contribution < 1.29 is 4.79 Å². The molecule has 0 atom stereocenters. The molecule has 0 N–H and O–H groups in total. The van der Waals surface area contributed by atoms with Crippen molar-refractivity contribution in [1.29, 1.82) is 0 Å². The number of hydrogen-bond donors (Lipinski definition) is 0. The van der Waals surface area contributed by atoms with E-state index in [1.165, 1.54) is 22.5 Å². The summed E-state index contributed by atoms with van der Waals surface area (Å²) in [5, 5.41) is 0.747. The molecule has 0 unspecified atom stereocenters. The van der Waals surface area contributed by atoms with Gasteiger partial charge in [-0.25, -0.2) is 4.98 Å². The Morgan fingerprint density at radius 2 is 1.75 bits per heavy atom. The van der Waals surface area contributed by atoms with Crippen molar-refractivity contribution >= 4 is 67.9 Å². The standard InChI is InChI=1S/C20H24ClN3OS2.ClH/c1-5-23(6-2)9-10-24(19(25)16-7-8-18(21)26-16)20-22-15-11-13(3)14(4)12-17(15)27-20;/h7-8,11-12H,5-6,9-10H2,1-4H3;1H. The quantitative estimate of drug-likeness (QED) is 0.433. The minimum atomic E-state index is -0.0356. The van der Waals surface area contributed by atoms with Crippen LogP contribution in [0.3, 0.4) is 0 Å². The van der Waals surface area contributed by atoms with E-state index in [-0.39, 0.29) is 18.3 Å².